The molecule has 3 rings (SSSR count). The van der Waals surface area contributed by atoms with E-state index in [0.717, 1.165) is 22.2 Å². The van der Waals surface area contributed by atoms with Crippen molar-refractivity contribution >= 4 is 45.5 Å². The van der Waals surface area contributed by atoms with Gasteiger partial charge in [0.15, 0.2) is 17.3 Å². The normalized spacial score (nSPS) is 15.7. The molecular weight excluding hydrogens is 392 g/mol. The van der Waals surface area contributed by atoms with Gasteiger partial charge in [0.1, 0.15) is 0 Å². The number of carbonyl (C=O) groups excluding carboxylic acids is 1. The zero-order chi connectivity index (χ0) is 16.6. The summed E-state index contributed by atoms with van der Waals surface area (Å²) >= 11 is 9.18. The molecule has 0 N–H and O–H groups in total. The second-order valence-electron chi connectivity index (χ2n) is 4.64. The zero-order valence-electron chi connectivity index (χ0n) is 11.3. The third kappa shape index (κ3) is 3.33. The lowest BCUT2D eigenvalue weighted by molar-refractivity contribution is -0.129. The molecule has 0 unspecified atom stereocenters. The summed E-state index contributed by atoms with van der Waals surface area (Å²) in [6, 6.07) is 8.85. The summed E-state index contributed by atoms with van der Waals surface area (Å²) in [4.78, 5) is 15.9. The molecule has 2 aromatic carbocycles. The smallest absolute Gasteiger partial charge is 0.363 e. The Morgan fingerprint density at radius 3 is 2.65 bits per heavy atom. The summed E-state index contributed by atoms with van der Waals surface area (Å²) in [6.45, 7) is 0. The van der Waals surface area contributed by atoms with Crippen molar-refractivity contribution in [1.29, 1.82) is 0 Å². The molecule has 0 amide bonds. The van der Waals surface area contributed by atoms with Gasteiger partial charge in [-0.2, -0.15) is 0 Å². The first-order chi connectivity index (χ1) is 10.9. The van der Waals surface area contributed by atoms with Crippen LogP contribution in [0.4, 0.5) is 8.78 Å². The molecule has 0 saturated carbocycles. The van der Waals surface area contributed by atoms with E-state index in [0.29, 0.717) is 0 Å². The Kier molecular flexibility index (Phi) is 4.28. The molecule has 0 bridgehead atoms. The van der Waals surface area contributed by atoms with Gasteiger partial charge >= 0.3 is 5.97 Å². The van der Waals surface area contributed by atoms with Gasteiger partial charge < -0.3 is 4.74 Å². The third-order valence-electron chi connectivity index (χ3n) is 3.01. The third-order valence-corrected chi connectivity index (χ3v) is 3.82. The van der Waals surface area contributed by atoms with E-state index in [1.165, 1.54) is 6.08 Å². The van der Waals surface area contributed by atoms with Gasteiger partial charge in [0.2, 0.25) is 5.90 Å². The van der Waals surface area contributed by atoms with Crippen LogP contribution in [-0.2, 0) is 9.53 Å². The van der Waals surface area contributed by atoms with E-state index >= 15 is 0 Å². The summed E-state index contributed by atoms with van der Waals surface area (Å²) in [6.07, 6.45) is 1.52. The van der Waals surface area contributed by atoms with E-state index in [2.05, 4.69) is 20.9 Å². The maximum atomic E-state index is 13.3. The highest BCUT2D eigenvalue weighted by Crippen LogP contribution is 2.26. The van der Waals surface area contributed by atoms with Crippen LogP contribution in [0.2, 0.25) is 5.02 Å². The fourth-order valence-electron chi connectivity index (χ4n) is 1.97. The molecule has 7 heteroatoms. The first-order valence-corrected chi connectivity index (χ1v) is 7.54. The lowest BCUT2D eigenvalue weighted by atomic mass is 10.2. The molecule has 0 aromatic heterocycles. The number of aliphatic imine (C=N–C) groups is 1. The molecule has 0 radical (unpaired) electrons. The van der Waals surface area contributed by atoms with Crippen LogP contribution in [0.25, 0.3) is 6.08 Å². The fraction of sp³-hybridized carbons (Fsp3) is 0. The summed E-state index contributed by atoms with van der Waals surface area (Å²) in [7, 11) is 0. The molecular formula is C16H7BrClF2NO2. The number of nitrogens with zero attached hydrogens (tertiary/aromatic N) is 1. The van der Waals surface area contributed by atoms with Crippen molar-refractivity contribution in [2.75, 3.05) is 0 Å². The Morgan fingerprint density at radius 1 is 1.17 bits per heavy atom. The number of benzene rings is 2. The number of esters is 1. The van der Waals surface area contributed by atoms with Gasteiger partial charge in [-0.25, -0.2) is 18.6 Å². The second kappa shape index (κ2) is 6.22. The highest BCUT2D eigenvalue weighted by molar-refractivity contribution is 9.10. The van der Waals surface area contributed by atoms with Gasteiger partial charge in [-0.15, -0.1) is 0 Å². The Labute approximate surface area is 143 Å². The first-order valence-electron chi connectivity index (χ1n) is 6.37. The van der Waals surface area contributed by atoms with E-state index in [1.54, 1.807) is 18.2 Å². The van der Waals surface area contributed by atoms with Crippen molar-refractivity contribution in [2.24, 2.45) is 4.99 Å². The van der Waals surface area contributed by atoms with Crippen molar-refractivity contribution in [3.8, 4) is 0 Å². The fourth-order valence-corrected chi connectivity index (χ4v) is 2.61. The van der Waals surface area contributed by atoms with Crippen LogP contribution in [0.5, 0.6) is 0 Å². The van der Waals surface area contributed by atoms with E-state index in [-0.39, 0.29) is 22.2 Å². The second-order valence-corrected chi connectivity index (χ2v) is 5.96. The van der Waals surface area contributed by atoms with E-state index in [9.17, 15) is 13.6 Å². The Morgan fingerprint density at radius 2 is 1.91 bits per heavy atom. The molecule has 2 aromatic rings. The van der Waals surface area contributed by atoms with Crippen LogP contribution >= 0.6 is 27.5 Å². The van der Waals surface area contributed by atoms with Crippen molar-refractivity contribution in [3.05, 3.63) is 74.4 Å². The van der Waals surface area contributed by atoms with Crippen molar-refractivity contribution < 1.29 is 18.3 Å². The first kappa shape index (κ1) is 15.8. The number of carbonyl (C=O) groups is 1. The molecule has 0 fully saturated rings. The standard InChI is InChI=1S/C16H7BrClF2NO2/c17-9-3-1-2-8(4-9)5-14-16(22)23-15(21-14)10-6-12(19)13(20)7-11(10)18/h1-7H. The predicted molar refractivity (Wildman–Crippen MR) is 86.1 cm³/mol. The van der Waals surface area contributed by atoms with Gasteiger partial charge in [0, 0.05) is 4.47 Å². The zero-order valence-corrected chi connectivity index (χ0v) is 13.7. The van der Waals surface area contributed by atoms with E-state index in [4.69, 9.17) is 16.3 Å². The molecule has 0 spiro atoms. The molecule has 116 valence electrons. The van der Waals surface area contributed by atoms with Crippen LogP contribution in [0.1, 0.15) is 11.1 Å². The molecule has 1 aliphatic rings. The topological polar surface area (TPSA) is 38.7 Å². The van der Waals surface area contributed by atoms with E-state index < -0.39 is 17.6 Å². The SMILES string of the molecule is O=C1OC(c2cc(F)c(F)cc2Cl)=NC1=Cc1cccc(Br)c1. The minimum Gasteiger partial charge on any atom is -0.402 e. The maximum absolute atomic E-state index is 13.3. The Bertz CT molecular complexity index is 880. The van der Waals surface area contributed by atoms with E-state index in [1.807, 2.05) is 6.07 Å². The average Bonchev–Trinajstić information content (AvgIpc) is 2.84. The number of hydrogen-bond donors (Lipinski definition) is 0. The molecule has 3 nitrogen and oxygen atoms in total. The maximum Gasteiger partial charge on any atom is 0.363 e. The highest BCUT2D eigenvalue weighted by Gasteiger charge is 2.26. The van der Waals surface area contributed by atoms with Gasteiger partial charge in [0.05, 0.1) is 10.6 Å². The van der Waals surface area contributed by atoms with Gasteiger partial charge in [0.25, 0.3) is 0 Å². The summed E-state index contributed by atoms with van der Waals surface area (Å²) in [5, 5.41) is -0.0980. The Hall–Kier alpha value is -2.05. The van der Waals surface area contributed by atoms with Crippen LogP contribution in [-0.4, -0.2) is 11.9 Å². The van der Waals surface area contributed by atoms with Gasteiger partial charge in [-0.1, -0.05) is 39.7 Å². The van der Waals surface area contributed by atoms with Crippen molar-refractivity contribution in [3.63, 3.8) is 0 Å². The highest BCUT2D eigenvalue weighted by atomic mass is 79.9. The van der Waals surface area contributed by atoms with Crippen LogP contribution in [0.15, 0.2) is 51.6 Å². The van der Waals surface area contributed by atoms with Gasteiger partial charge in [-0.3, -0.25) is 0 Å². The minimum atomic E-state index is -1.10. The van der Waals surface area contributed by atoms with Crippen LogP contribution < -0.4 is 0 Å². The molecule has 0 saturated heterocycles. The molecule has 1 heterocycles. The predicted octanol–water partition coefficient (Wildman–Crippen LogP) is 4.73. The monoisotopic (exact) mass is 397 g/mol. The molecule has 0 atom stereocenters. The number of hydrogen-bond acceptors (Lipinski definition) is 3. The van der Waals surface area contributed by atoms with Crippen LogP contribution in [0, 0.1) is 11.6 Å². The Balaban J connectivity index is 2.00. The van der Waals surface area contributed by atoms with Crippen LogP contribution in [0.3, 0.4) is 0 Å². The minimum absolute atomic E-state index is 0.0107. The quantitative estimate of drug-likeness (QED) is 0.417. The summed E-state index contributed by atoms with van der Waals surface area (Å²) in [5.41, 5.74) is 0.781. The number of rotatable bonds is 2. The lowest BCUT2D eigenvalue weighted by Gasteiger charge is -2.03. The summed E-state index contributed by atoms with van der Waals surface area (Å²) in [5.74, 6) is -3.05. The largest absolute Gasteiger partial charge is 0.402 e. The summed E-state index contributed by atoms with van der Waals surface area (Å²) < 4.78 is 32.3. The van der Waals surface area contributed by atoms with Crippen molar-refractivity contribution in [1.82, 2.24) is 0 Å². The lowest BCUT2D eigenvalue weighted by Crippen LogP contribution is -2.07. The molecule has 0 aliphatic carbocycles. The number of halogens is 4. The molecule has 1 aliphatic heterocycles. The van der Waals surface area contributed by atoms with Crippen molar-refractivity contribution in [2.45, 2.75) is 0 Å². The number of ether oxygens (including phenoxy) is 1. The number of cyclic esters (lactones) is 1. The van der Waals surface area contributed by atoms with Gasteiger partial charge in [-0.05, 0) is 35.9 Å². The average molecular weight is 399 g/mol. The molecule has 23 heavy (non-hydrogen) atoms.